The molecule has 0 amide bonds. The molecule has 1 atom stereocenters. The number of benzene rings is 1. The lowest BCUT2D eigenvalue weighted by Crippen LogP contribution is -2.54. The summed E-state index contributed by atoms with van der Waals surface area (Å²) in [5, 5.41) is 11.0. The molecule has 2 rings (SSSR count). The molecule has 1 N–H and O–H groups in total. The van der Waals surface area contributed by atoms with E-state index in [1.54, 1.807) is 30.3 Å². The maximum absolute atomic E-state index is 13.2. The van der Waals surface area contributed by atoms with Gasteiger partial charge in [0, 0.05) is 18.0 Å². The lowest BCUT2D eigenvalue weighted by Gasteiger charge is -2.28. The number of pyridine rings is 1. The van der Waals surface area contributed by atoms with Crippen molar-refractivity contribution in [3.8, 4) is 0 Å². The van der Waals surface area contributed by atoms with Crippen LogP contribution in [-0.2, 0) is 16.0 Å². The van der Waals surface area contributed by atoms with E-state index in [4.69, 9.17) is 0 Å². The monoisotopic (exact) mass is 313 g/mol. The van der Waals surface area contributed by atoms with Gasteiger partial charge in [0.15, 0.2) is 0 Å². The summed E-state index contributed by atoms with van der Waals surface area (Å²) in [6.07, 6.45) is -4.84. The highest BCUT2D eigenvalue weighted by Crippen LogP contribution is 2.35. The summed E-state index contributed by atoms with van der Waals surface area (Å²) in [6, 6.07) is 8.30. The minimum Gasteiger partial charge on any atom is -0.464 e. The Bertz CT molecular complexity index is 682. The highest BCUT2D eigenvalue weighted by Gasteiger charge is 2.61. The first-order chi connectivity index (χ1) is 10.3. The number of halogens is 3. The molecule has 0 saturated carbocycles. The molecule has 1 heterocycles. The number of aliphatic hydroxyl groups is 1. The molecule has 22 heavy (non-hydrogen) atoms. The van der Waals surface area contributed by atoms with Crippen LogP contribution < -0.4 is 0 Å². The standard InChI is InChI=1S/C15H14F3NO3/c1-2-22-13(20)14(21,15(16,17)18)9-12-11-6-4-3-5-10(11)7-8-19-12/h3-8,21H,2,9H2,1H3. The Morgan fingerprint density at radius 1 is 1.27 bits per heavy atom. The van der Waals surface area contributed by atoms with E-state index < -0.39 is 24.2 Å². The lowest BCUT2D eigenvalue weighted by atomic mass is 9.94. The van der Waals surface area contributed by atoms with Gasteiger partial charge >= 0.3 is 12.1 Å². The Hall–Kier alpha value is -2.15. The van der Waals surface area contributed by atoms with Crippen molar-refractivity contribution in [1.29, 1.82) is 0 Å². The van der Waals surface area contributed by atoms with Crippen molar-refractivity contribution in [2.75, 3.05) is 6.61 Å². The normalized spacial score (nSPS) is 14.6. The van der Waals surface area contributed by atoms with Crippen LogP contribution in [0.3, 0.4) is 0 Å². The topological polar surface area (TPSA) is 59.4 Å². The van der Waals surface area contributed by atoms with E-state index in [2.05, 4.69) is 9.72 Å². The lowest BCUT2D eigenvalue weighted by molar-refractivity contribution is -0.262. The summed E-state index contributed by atoms with van der Waals surface area (Å²) in [7, 11) is 0. The van der Waals surface area contributed by atoms with Gasteiger partial charge in [0.25, 0.3) is 5.60 Å². The van der Waals surface area contributed by atoms with Crippen molar-refractivity contribution in [3.63, 3.8) is 0 Å². The Labute approximate surface area is 124 Å². The molecule has 1 aromatic carbocycles. The number of hydrogen-bond acceptors (Lipinski definition) is 4. The molecule has 7 heteroatoms. The van der Waals surface area contributed by atoms with Crippen molar-refractivity contribution in [2.45, 2.75) is 25.1 Å². The summed E-state index contributed by atoms with van der Waals surface area (Å²) >= 11 is 0. The van der Waals surface area contributed by atoms with Crippen LogP contribution in [-0.4, -0.2) is 34.4 Å². The quantitative estimate of drug-likeness (QED) is 0.882. The molecule has 0 aliphatic carbocycles. The number of hydrogen-bond donors (Lipinski definition) is 1. The Balaban J connectivity index is 2.48. The largest absolute Gasteiger partial charge is 0.464 e. The van der Waals surface area contributed by atoms with Crippen LogP contribution in [0.4, 0.5) is 13.2 Å². The Morgan fingerprint density at radius 2 is 1.95 bits per heavy atom. The third-order valence-electron chi connectivity index (χ3n) is 3.26. The summed E-state index contributed by atoms with van der Waals surface area (Å²) < 4.78 is 43.9. The molecule has 4 nitrogen and oxygen atoms in total. The van der Waals surface area contributed by atoms with Crippen LogP contribution in [0.2, 0.25) is 0 Å². The van der Waals surface area contributed by atoms with Crippen molar-refractivity contribution in [3.05, 3.63) is 42.2 Å². The molecule has 118 valence electrons. The second-order valence-electron chi connectivity index (χ2n) is 4.73. The van der Waals surface area contributed by atoms with Gasteiger partial charge < -0.3 is 9.84 Å². The number of rotatable bonds is 4. The summed E-state index contributed by atoms with van der Waals surface area (Å²) in [5.41, 5.74) is -3.65. The summed E-state index contributed by atoms with van der Waals surface area (Å²) in [6.45, 7) is 1.10. The number of alkyl halides is 3. The van der Waals surface area contributed by atoms with Crippen molar-refractivity contribution >= 4 is 16.7 Å². The molecule has 0 spiro atoms. The molecule has 2 aromatic rings. The number of ether oxygens (including phenoxy) is 1. The van der Waals surface area contributed by atoms with E-state index in [9.17, 15) is 23.1 Å². The Morgan fingerprint density at radius 3 is 2.59 bits per heavy atom. The van der Waals surface area contributed by atoms with E-state index in [-0.39, 0.29) is 12.3 Å². The van der Waals surface area contributed by atoms with Crippen LogP contribution in [0.15, 0.2) is 36.5 Å². The van der Waals surface area contributed by atoms with Crippen LogP contribution in [0, 0.1) is 0 Å². The number of carbonyl (C=O) groups excluding carboxylic acids is 1. The van der Waals surface area contributed by atoms with Gasteiger partial charge in [0.1, 0.15) is 0 Å². The maximum atomic E-state index is 13.2. The van der Waals surface area contributed by atoms with E-state index in [1.807, 2.05) is 0 Å². The van der Waals surface area contributed by atoms with Gasteiger partial charge in [-0.05, 0) is 18.4 Å². The number of esters is 1. The van der Waals surface area contributed by atoms with Gasteiger partial charge in [-0.2, -0.15) is 13.2 Å². The number of fused-ring (bicyclic) bond motifs is 1. The zero-order valence-electron chi connectivity index (χ0n) is 11.7. The van der Waals surface area contributed by atoms with E-state index >= 15 is 0 Å². The number of nitrogens with zero attached hydrogens (tertiary/aromatic N) is 1. The first kappa shape index (κ1) is 16.2. The highest BCUT2D eigenvalue weighted by atomic mass is 19.4. The zero-order chi connectivity index (χ0) is 16.4. The predicted octanol–water partition coefficient (Wildman–Crippen LogP) is 2.63. The molecule has 0 bridgehead atoms. The first-order valence-corrected chi connectivity index (χ1v) is 6.58. The molecular formula is C15H14F3NO3. The van der Waals surface area contributed by atoms with Gasteiger partial charge in [-0.3, -0.25) is 4.98 Å². The van der Waals surface area contributed by atoms with Crippen LogP contribution >= 0.6 is 0 Å². The summed E-state index contributed by atoms with van der Waals surface area (Å²) in [5.74, 6) is -1.72. The molecule has 0 aliphatic rings. The fourth-order valence-electron chi connectivity index (χ4n) is 2.10. The van der Waals surface area contributed by atoms with Gasteiger partial charge in [-0.25, -0.2) is 4.79 Å². The molecule has 1 aromatic heterocycles. The fourth-order valence-corrected chi connectivity index (χ4v) is 2.10. The van der Waals surface area contributed by atoms with Crippen molar-refractivity contribution < 1.29 is 27.8 Å². The van der Waals surface area contributed by atoms with E-state index in [1.165, 1.54) is 13.1 Å². The molecule has 0 saturated heterocycles. The van der Waals surface area contributed by atoms with Crippen LogP contribution in [0.25, 0.3) is 10.8 Å². The first-order valence-electron chi connectivity index (χ1n) is 6.58. The maximum Gasteiger partial charge on any atom is 0.428 e. The zero-order valence-corrected chi connectivity index (χ0v) is 11.7. The van der Waals surface area contributed by atoms with E-state index in [0.29, 0.717) is 10.8 Å². The van der Waals surface area contributed by atoms with Gasteiger partial charge in [-0.1, -0.05) is 24.3 Å². The Kier molecular flexibility index (Phi) is 4.37. The third kappa shape index (κ3) is 2.89. The molecule has 0 radical (unpaired) electrons. The second kappa shape index (κ2) is 5.92. The van der Waals surface area contributed by atoms with Crippen molar-refractivity contribution in [2.24, 2.45) is 0 Å². The smallest absolute Gasteiger partial charge is 0.428 e. The van der Waals surface area contributed by atoms with Gasteiger partial charge in [0.05, 0.1) is 12.3 Å². The SMILES string of the molecule is CCOC(=O)C(O)(Cc1nccc2ccccc12)C(F)(F)F. The number of carbonyl (C=O) groups is 1. The minimum absolute atomic E-state index is 0.0222. The molecular weight excluding hydrogens is 299 g/mol. The van der Waals surface area contributed by atoms with Gasteiger partial charge in [0.2, 0.25) is 0 Å². The predicted molar refractivity (Wildman–Crippen MR) is 73.1 cm³/mol. The van der Waals surface area contributed by atoms with Crippen molar-refractivity contribution in [1.82, 2.24) is 4.98 Å². The van der Waals surface area contributed by atoms with Crippen LogP contribution in [0.5, 0.6) is 0 Å². The average Bonchev–Trinajstić information content (AvgIpc) is 2.46. The van der Waals surface area contributed by atoms with Gasteiger partial charge in [-0.15, -0.1) is 0 Å². The molecule has 0 fully saturated rings. The van der Waals surface area contributed by atoms with Crippen LogP contribution in [0.1, 0.15) is 12.6 Å². The second-order valence-corrected chi connectivity index (χ2v) is 4.73. The molecule has 1 unspecified atom stereocenters. The minimum atomic E-state index is -5.17. The molecule has 0 aliphatic heterocycles. The summed E-state index contributed by atoms with van der Waals surface area (Å²) in [4.78, 5) is 15.5. The fraction of sp³-hybridized carbons (Fsp3) is 0.333. The average molecular weight is 313 g/mol. The highest BCUT2D eigenvalue weighted by molar-refractivity contribution is 5.86. The van der Waals surface area contributed by atoms with E-state index in [0.717, 1.165) is 0 Å². The number of aromatic nitrogens is 1. The third-order valence-corrected chi connectivity index (χ3v) is 3.26.